The van der Waals surface area contributed by atoms with Crippen LogP contribution in [0.15, 0.2) is 30.3 Å². The largest absolute Gasteiger partial charge is 0.381 e. The third-order valence-electron chi connectivity index (χ3n) is 4.64. The summed E-state index contributed by atoms with van der Waals surface area (Å²) in [7, 11) is 1.65. The molecule has 3 N–H and O–H groups in total. The summed E-state index contributed by atoms with van der Waals surface area (Å²) < 4.78 is 7.12. The smallest absolute Gasteiger partial charge is 0.240 e. The van der Waals surface area contributed by atoms with Crippen LogP contribution in [0.25, 0.3) is 5.69 Å². The number of aromatic nitrogens is 2. The lowest BCUT2D eigenvalue weighted by atomic mass is 9.74. The Morgan fingerprint density at radius 2 is 2.12 bits per heavy atom. The highest BCUT2D eigenvalue weighted by molar-refractivity contribution is 5.87. The number of aryl methyl sites for hydroxylation is 2. The number of nitrogens with one attached hydrogen (secondary N) is 1. The van der Waals surface area contributed by atoms with Gasteiger partial charge in [-0.15, -0.1) is 0 Å². The molecule has 128 valence electrons. The molecule has 1 aliphatic rings. The van der Waals surface area contributed by atoms with E-state index in [1.807, 2.05) is 48.9 Å². The Balaban J connectivity index is 1.73. The molecule has 6 heteroatoms. The zero-order valence-corrected chi connectivity index (χ0v) is 14.4. The molecule has 3 rings (SSSR count). The molecule has 6 nitrogen and oxygen atoms in total. The van der Waals surface area contributed by atoms with Crippen molar-refractivity contribution in [3.05, 3.63) is 47.3 Å². The van der Waals surface area contributed by atoms with Gasteiger partial charge in [-0.1, -0.05) is 18.2 Å². The molecule has 1 aliphatic carbocycles. The van der Waals surface area contributed by atoms with Gasteiger partial charge in [0.05, 0.1) is 17.5 Å². The van der Waals surface area contributed by atoms with E-state index in [1.165, 1.54) is 0 Å². The highest BCUT2D eigenvalue weighted by atomic mass is 16.5. The Morgan fingerprint density at radius 1 is 1.42 bits per heavy atom. The topological polar surface area (TPSA) is 82.2 Å². The van der Waals surface area contributed by atoms with E-state index in [-0.39, 0.29) is 12.0 Å². The molecule has 0 spiro atoms. The summed E-state index contributed by atoms with van der Waals surface area (Å²) >= 11 is 0. The SMILES string of the molecule is COC1CC(N)(C(=O)NCc2ccccc2-n2nc(C)cc2C)C1. The second-order valence-corrected chi connectivity index (χ2v) is 6.57. The first-order valence-corrected chi connectivity index (χ1v) is 8.14. The monoisotopic (exact) mass is 328 g/mol. The van der Waals surface area contributed by atoms with E-state index in [9.17, 15) is 4.79 Å². The summed E-state index contributed by atoms with van der Waals surface area (Å²) in [5, 5.41) is 7.49. The van der Waals surface area contributed by atoms with Crippen LogP contribution in [-0.2, 0) is 16.1 Å². The number of hydrogen-bond acceptors (Lipinski definition) is 4. The van der Waals surface area contributed by atoms with Gasteiger partial charge < -0.3 is 15.8 Å². The van der Waals surface area contributed by atoms with Gasteiger partial charge in [-0.2, -0.15) is 5.10 Å². The summed E-state index contributed by atoms with van der Waals surface area (Å²) in [6.07, 6.45) is 1.21. The molecule has 1 saturated carbocycles. The number of carbonyl (C=O) groups is 1. The van der Waals surface area contributed by atoms with E-state index in [0.717, 1.165) is 22.6 Å². The Bertz CT molecular complexity index is 747. The minimum absolute atomic E-state index is 0.0859. The van der Waals surface area contributed by atoms with Crippen molar-refractivity contribution in [2.24, 2.45) is 5.73 Å². The fourth-order valence-electron chi connectivity index (χ4n) is 3.20. The Hall–Kier alpha value is -2.18. The van der Waals surface area contributed by atoms with Gasteiger partial charge in [0.1, 0.15) is 5.54 Å². The van der Waals surface area contributed by atoms with Crippen LogP contribution in [0.3, 0.4) is 0 Å². The third kappa shape index (κ3) is 3.07. The number of methoxy groups -OCH3 is 1. The van der Waals surface area contributed by atoms with Crippen molar-refractivity contribution in [3.8, 4) is 5.69 Å². The molecule has 1 aromatic carbocycles. The normalized spacial score (nSPS) is 22.9. The molecule has 0 atom stereocenters. The lowest BCUT2D eigenvalue weighted by molar-refractivity contribution is -0.135. The number of para-hydroxylation sites is 1. The number of carbonyl (C=O) groups excluding carboxylic acids is 1. The summed E-state index contributed by atoms with van der Waals surface area (Å²) in [4.78, 5) is 12.4. The number of hydrogen-bond donors (Lipinski definition) is 2. The number of ether oxygens (including phenoxy) is 1. The fourth-order valence-corrected chi connectivity index (χ4v) is 3.20. The van der Waals surface area contributed by atoms with Crippen LogP contribution in [0.1, 0.15) is 29.8 Å². The van der Waals surface area contributed by atoms with Gasteiger partial charge in [0, 0.05) is 32.2 Å². The minimum atomic E-state index is -0.812. The van der Waals surface area contributed by atoms with Crippen molar-refractivity contribution < 1.29 is 9.53 Å². The maximum atomic E-state index is 12.4. The zero-order valence-electron chi connectivity index (χ0n) is 14.4. The lowest BCUT2D eigenvalue weighted by Gasteiger charge is -2.42. The molecule has 0 bridgehead atoms. The average molecular weight is 328 g/mol. The van der Waals surface area contributed by atoms with E-state index >= 15 is 0 Å². The molecular weight excluding hydrogens is 304 g/mol. The number of nitrogens with two attached hydrogens (primary N) is 1. The number of amides is 1. The lowest BCUT2D eigenvalue weighted by Crippen LogP contribution is -2.64. The molecular formula is C18H24N4O2. The van der Waals surface area contributed by atoms with Crippen LogP contribution >= 0.6 is 0 Å². The van der Waals surface area contributed by atoms with E-state index in [0.29, 0.717) is 19.4 Å². The summed E-state index contributed by atoms with van der Waals surface area (Å²) in [6.45, 7) is 4.41. The van der Waals surface area contributed by atoms with E-state index in [1.54, 1.807) is 7.11 Å². The number of benzene rings is 1. The van der Waals surface area contributed by atoms with E-state index in [2.05, 4.69) is 10.4 Å². The van der Waals surface area contributed by atoms with Crippen LogP contribution in [0.2, 0.25) is 0 Å². The molecule has 0 aliphatic heterocycles. The quantitative estimate of drug-likeness (QED) is 0.874. The molecule has 1 fully saturated rings. The highest BCUT2D eigenvalue weighted by Gasteiger charge is 2.47. The molecule has 0 saturated heterocycles. The predicted octanol–water partition coefficient (Wildman–Crippen LogP) is 1.61. The molecule has 1 heterocycles. The molecule has 0 radical (unpaired) electrons. The Labute approximate surface area is 142 Å². The Kier molecular flexibility index (Phi) is 4.43. The average Bonchev–Trinajstić information content (AvgIpc) is 2.88. The zero-order chi connectivity index (χ0) is 17.3. The summed E-state index contributed by atoms with van der Waals surface area (Å²) in [5.74, 6) is -0.126. The van der Waals surface area contributed by atoms with Crippen molar-refractivity contribution >= 4 is 5.91 Å². The highest BCUT2D eigenvalue weighted by Crippen LogP contribution is 2.32. The Morgan fingerprint density at radius 3 is 2.75 bits per heavy atom. The first kappa shape index (κ1) is 16.7. The van der Waals surface area contributed by atoms with E-state index < -0.39 is 5.54 Å². The maximum absolute atomic E-state index is 12.4. The fraction of sp³-hybridized carbons (Fsp3) is 0.444. The van der Waals surface area contributed by atoms with Gasteiger partial charge in [0.2, 0.25) is 5.91 Å². The van der Waals surface area contributed by atoms with Gasteiger partial charge >= 0.3 is 0 Å². The second kappa shape index (κ2) is 6.37. The van der Waals surface area contributed by atoms with Crippen LogP contribution in [0, 0.1) is 13.8 Å². The van der Waals surface area contributed by atoms with Gasteiger partial charge in [-0.05, 0) is 31.5 Å². The summed E-state index contributed by atoms with van der Waals surface area (Å²) in [5.41, 5.74) is 9.33. The van der Waals surface area contributed by atoms with Crippen molar-refractivity contribution in [2.75, 3.05) is 7.11 Å². The van der Waals surface area contributed by atoms with Crippen molar-refractivity contribution in [3.63, 3.8) is 0 Å². The standard InChI is InChI=1S/C18H24N4O2/c1-12-8-13(2)22(21-12)16-7-5-4-6-14(16)11-20-17(23)18(19)9-15(10-18)24-3/h4-8,15H,9-11,19H2,1-3H3,(H,20,23). The minimum Gasteiger partial charge on any atom is -0.381 e. The van der Waals surface area contributed by atoms with Crippen molar-refractivity contribution in [1.29, 1.82) is 0 Å². The van der Waals surface area contributed by atoms with Crippen molar-refractivity contribution in [2.45, 2.75) is 44.9 Å². The number of rotatable bonds is 5. The molecule has 0 unspecified atom stereocenters. The van der Waals surface area contributed by atoms with Crippen LogP contribution < -0.4 is 11.1 Å². The molecule has 24 heavy (non-hydrogen) atoms. The van der Waals surface area contributed by atoms with Gasteiger partial charge in [-0.3, -0.25) is 4.79 Å². The van der Waals surface area contributed by atoms with Crippen LogP contribution in [0.5, 0.6) is 0 Å². The van der Waals surface area contributed by atoms with Gasteiger partial charge in [0.25, 0.3) is 0 Å². The second-order valence-electron chi connectivity index (χ2n) is 6.57. The first-order valence-electron chi connectivity index (χ1n) is 8.14. The molecule has 1 aromatic heterocycles. The van der Waals surface area contributed by atoms with Gasteiger partial charge in [-0.25, -0.2) is 4.68 Å². The first-order chi connectivity index (χ1) is 11.4. The third-order valence-corrected chi connectivity index (χ3v) is 4.64. The maximum Gasteiger partial charge on any atom is 0.240 e. The van der Waals surface area contributed by atoms with E-state index in [4.69, 9.17) is 10.5 Å². The number of nitrogens with zero attached hydrogens (tertiary/aromatic N) is 2. The molecule has 1 amide bonds. The van der Waals surface area contributed by atoms with Crippen molar-refractivity contribution in [1.82, 2.24) is 15.1 Å². The van der Waals surface area contributed by atoms with Gasteiger partial charge in [0.15, 0.2) is 0 Å². The van der Waals surface area contributed by atoms with Crippen LogP contribution in [0.4, 0.5) is 0 Å². The summed E-state index contributed by atoms with van der Waals surface area (Å²) in [6, 6.07) is 9.96. The molecule has 2 aromatic rings. The predicted molar refractivity (Wildman–Crippen MR) is 91.8 cm³/mol. The van der Waals surface area contributed by atoms with Crippen LogP contribution in [-0.4, -0.2) is 34.4 Å².